The van der Waals surface area contributed by atoms with Crippen LogP contribution in [0.1, 0.15) is 55.0 Å². The highest BCUT2D eigenvalue weighted by Crippen LogP contribution is 2.35. The molecule has 0 aliphatic heterocycles. The number of nitrogens with two attached hydrogens (primary N) is 1. The van der Waals surface area contributed by atoms with Crippen molar-refractivity contribution in [1.82, 2.24) is 15.1 Å². The molecule has 25 heavy (non-hydrogen) atoms. The molecule has 0 saturated carbocycles. The summed E-state index contributed by atoms with van der Waals surface area (Å²) in [6.45, 7) is 8.06. The van der Waals surface area contributed by atoms with Crippen LogP contribution in [0.4, 0.5) is 0 Å². The quantitative estimate of drug-likeness (QED) is 0.713. The van der Waals surface area contributed by atoms with Crippen LogP contribution in [0.2, 0.25) is 0 Å². The second-order valence-corrected chi connectivity index (χ2v) is 8.22. The lowest BCUT2D eigenvalue weighted by atomic mass is 9.96. The maximum atomic E-state index is 11.8. The zero-order valence-corrected chi connectivity index (χ0v) is 15.4. The molecule has 2 N–H and O–H groups in total. The number of rotatable bonds is 4. The van der Waals surface area contributed by atoms with Gasteiger partial charge in [-0.2, -0.15) is 4.98 Å². The molecule has 1 aromatic carbocycles. The van der Waals surface area contributed by atoms with Crippen molar-refractivity contribution in [3.05, 3.63) is 47.6 Å². The number of benzene rings is 1. The van der Waals surface area contributed by atoms with Crippen molar-refractivity contribution >= 4 is 28.6 Å². The zero-order valence-electron chi connectivity index (χ0n) is 14.6. The number of nitrogens with zero attached hydrogens (tertiary/aromatic N) is 3. The third kappa shape index (κ3) is 3.66. The number of hydrogen-bond donors (Lipinski definition) is 1. The number of pyridine rings is 1. The first kappa shape index (κ1) is 17.4. The maximum absolute atomic E-state index is 11.8. The molecule has 3 aromatic rings. The van der Waals surface area contributed by atoms with Crippen molar-refractivity contribution in [2.75, 3.05) is 0 Å². The minimum atomic E-state index is -0.471. The number of para-hydroxylation sites is 1. The lowest BCUT2D eigenvalue weighted by Gasteiger charge is -2.11. The third-order valence-corrected chi connectivity index (χ3v) is 4.72. The molecule has 0 fully saturated rings. The fourth-order valence-electron chi connectivity index (χ4n) is 2.35. The van der Waals surface area contributed by atoms with E-state index in [1.807, 2.05) is 52.0 Å². The van der Waals surface area contributed by atoms with Gasteiger partial charge in [0.05, 0.1) is 21.4 Å². The van der Waals surface area contributed by atoms with Gasteiger partial charge in [0.1, 0.15) is 0 Å². The number of thioether (sulfide) groups is 1. The highest BCUT2D eigenvalue weighted by atomic mass is 32.2. The van der Waals surface area contributed by atoms with Crippen molar-refractivity contribution in [1.29, 1.82) is 0 Å². The number of primary amides is 1. The minimum absolute atomic E-state index is 0.0991. The largest absolute Gasteiger partial charge is 0.366 e. The number of hydrogen-bond acceptors (Lipinski definition) is 6. The van der Waals surface area contributed by atoms with E-state index in [0.29, 0.717) is 22.3 Å². The summed E-state index contributed by atoms with van der Waals surface area (Å²) in [6, 6.07) is 9.16. The van der Waals surface area contributed by atoms with Crippen LogP contribution in [0.5, 0.6) is 0 Å². The van der Waals surface area contributed by atoms with Gasteiger partial charge in [0.25, 0.3) is 0 Å². The molecule has 6 nitrogen and oxygen atoms in total. The predicted octanol–water partition coefficient (Wildman–Crippen LogP) is 3.87. The van der Waals surface area contributed by atoms with Crippen molar-refractivity contribution in [2.24, 2.45) is 5.73 Å². The van der Waals surface area contributed by atoms with Crippen LogP contribution in [0.3, 0.4) is 0 Å². The summed E-state index contributed by atoms with van der Waals surface area (Å²) in [4.78, 5) is 20.9. The normalized spacial score (nSPS) is 13.1. The van der Waals surface area contributed by atoms with E-state index in [9.17, 15) is 4.79 Å². The fraction of sp³-hybridized carbons (Fsp3) is 0.333. The van der Waals surface area contributed by atoms with Crippen molar-refractivity contribution in [2.45, 2.75) is 43.4 Å². The standard InChI is InChI=1S/C18H20N4O2S/c1-10(16-21-17(22-24-16)18(2,3)4)25-14-9-12(15(19)23)11-7-5-6-8-13(11)20-14/h5-10H,1-4H3,(H2,19,23). The average Bonchev–Trinajstić information content (AvgIpc) is 3.04. The first-order chi connectivity index (χ1) is 11.8. The van der Waals surface area contributed by atoms with Gasteiger partial charge in [-0.15, -0.1) is 0 Å². The van der Waals surface area contributed by atoms with Crippen LogP contribution in [0, 0.1) is 0 Å². The van der Waals surface area contributed by atoms with Crippen LogP contribution < -0.4 is 5.73 Å². The summed E-state index contributed by atoms with van der Waals surface area (Å²) in [5, 5.41) is 5.39. The van der Waals surface area contributed by atoms with Gasteiger partial charge >= 0.3 is 0 Å². The molecule has 1 atom stereocenters. The Bertz CT molecular complexity index is 930. The van der Waals surface area contributed by atoms with Gasteiger partial charge in [-0.05, 0) is 19.1 Å². The molecule has 1 unspecified atom stereocenters. The van der Waals surface area contributed by atoms with E-state index in [2.05, 4.69) is 15.1 Å². The highest BCUT2D eigenvalue weighted by Gasteiger charge is 2.24. The van der Waals surface area contributed by atoms with Crippen LogP contribution in [-0.4, -0.2) is 21.0 Å². The van der Waals surface area contributed by atoms with Gasteiger partial charge in [-0.1, -0.05) is 55.9 Å². The lowest BCUT2D eigenvalue weighted by molar-refractivity contribution is 0.100. The molecular formula is C18H20N4O2S. The molecular weight excluding hydrogens is 336 g/mol. The van der Waals surface area contributed by atoms with Gasteiger partial charge in [0, 0.05) is 10.8 Å². The smallest absolute Gasteiger partial charge is 0.249 e. The summed E-state index contributed by atoms with van der Waals surface area (Å²) in [7, 11) is 0. The Balaban J connectivity index is 1.92. The van der Waals surface area contributed by atoms with Gasteiger partial charge in [-0.3, -0.25) is 4.79 Å². The van der Waals surface area contributed by atoms with E-state index in [1.165, 1.54) is 11.8 Å². The molecule has 0 bridgehead atoms. The van der Waals surface area contributed by atoms with Crippen molar-refractivity contribution in [3.8, 4) is 0 Å². The lowest BCUT2D eigenvalue weighted by Crippen LogP contribution is -2.13. The monoisotopic (exact) mass is 356 g/mol. The Morgan fingerprint density at radius 2 is 1.96 bits per heavy atom. The number of carbonyl (C=O) groups is 1. The van der Waals surface area contributed by atoms with Crippen LogP contribution in [0.15, 0.2) is 39.9 Å². The Morgan fingerprint density at radius 1 is 1.24 bits per heavy atom. The van der Waals surface area contributed by atoms with E-state index in [-0.39, 0.29) is 10.7 Å². The number of carbonyl (C=O) groups excluding carboxylic acids is 1. The fourth-order valence-corrected chi connectivity index (χ4v) is 3.25. The van der Waals surface area contributed by atoms with Crippen LogP contribution in [-0.2, 0) is 5.41 Å². The molecule has 0 aliphatic rings. The number of amides is 1. The summed E-state index contributed by atoms with van der Waals surface area (Å²) in [5.74, 6) is 0.727. The number of fused-ring (bicyclic) bond motifs is 1. The highest BCUT2D eigenvalue weighted by molar-refractivity contribution is 7.99. The van der Waals surface area contributed by atoms with Crippen molar-refractivity contribution in [3.63, 3.8) is 0 Å². The van der Waals surface area contributed by atoms with Gasteiger partial charge in [0.15, 0.2) is 5.82 Å². The average molecular weight is 356 g/mol. The molecule has 2 aromatic heterocycles. The van der Waals surface area contributed by atoms with Gasteiger partial charge < -0.3 is 10.3 Å². The summed E-state index contributed by atoms with van der Waals surface area (Å²) >= 11 is 1.45. The van der Waals surface area contributed by atoms with Gasteiger partial charge in [-0.25, -0.2) is 4.98 Å². The molecule has 0 radical (unpaired) electrons. The Labute approximate surface area is 150 Å². The van der Waals surface area contributed by atoms with E-state index in [4.69, 9.17) is 10.3 Å². The van der Waals surface area contributed by atoms with E-state index < -0.39 is 5.91 Å². The molecule has 3 rings (SSSR count). The molecule has 1 amide bonds. The van der Waals surface area contributed by atoms with E-state index in [0.717, 1.165) is 10.9 Å². The first-order valence-corrected chi connectivity index (χ1v) is 8.84. The second kappa shape index (κ2) is 6.48. The number of aromatic nitrogens is 3. The predicted molar refractivity (Wildman–Crippen MR) is 97.5 cm³/mol. The van der Waals surface area contributed by atoms with Crippen LogP contribution >= 0.6 is 11.8 Å². The Morgan fingerprint density at radius 3 is 2.60 bits per heavy atom. The SMILES string of the molecule is CC(Sc1cc(C(N)=O)c2ccccc2n1)c1nc(C(C)(C)C)no1. The maximum Gasteiger partial charge on any atom is 0.249 e. The second-order valence-electron chi connectivity index (χ2n) is 6.86. The van der Waals surface area contributed by atoms with E-state index >= 15 is 0 Å². The summed E-state index contributed by atoms with van der Waals surface area (Å²) < 4.78 is 5.39. The first-order valence-electron chi connectivity index (χ1n) is 7.96. The third-order valence-electron chi connectivity index (χ3n) is 3.72. The Kier molecular flexibility index (Phi) is 4.51. The molecule has 130 valence electrons. The van der Waals surface area contributed by atoms with Gasteiger partial charge in [0.2, 0.25) is 11.8 Å². The summed E-state index contributed by atoms with van der Waals surface area (Å²) in [5.41, 5.74) is 6.54. The molecule has 0 saturated heterocycles. The molecule has 7 heteroatoms. The summed E-state index contributed by atoms with van der Waals surface area (Å²) in [6.07, 6.45) is 0. The van der Waals surface area contributed by atoms with Crippen LogP contribution in [0.25, 0.3) is 10.9 Å². The molecule has 2 heterocycles. The van der Waals surface area contributed by atoms with E-state index in [1.54, 1.807) is 6.07 Å². The topological polar surface area (TPSA) is 94.9 Å². The van der Waals surface area contributed by atoms with Crippen molar-refractivity contribution < 1.29 is 9.32 Å². The molecule has 0 aliphatic carbocycles. The Hall–Kier alpha value is -2.41. The molecule has 0 spiro atoms. The zero-order chi connectivity index (χ0) is 18.2. The minimum Gasteiger partial charge on any atom is -0.366 e.